The van der Waals surface area contributed by atoms with E-state index in [0.717, 1.165) is 5.56 Å². The van der Waals surface area contributed by atoms with Gasteiger partial charge in [0.15, 0.2) is 0 Å². The van der Waals surface area contributed by atoms with Crippen molar-refractivity contribution in [3.8, 4) is 0 Å². The van der Waals surface area contributed by atoms with Crippen LogP contribution in [-0.2, 0) is 4.79 Å². The lowest BCUT2D eigenvalue weighted by Gasteiger charge is -2.15. The van der Waals surface area contributed by atoms with Crippen molar-refractivity contribution in [3.05, 3.63) is 58.1 Å². The van der Waals surface area contributed by atoms with Gasteiger partial charge in [0, 0.05) is 23.1 Å². The van der Waals surface area contributed by atoms with Crippen LogP contribution in [0.2, 0.25) is 0 Å². The minimum atomic E-state index is -0.435. The monoisotopic (exact) mass is 418 g/mol. The molecule has 2 aromatic heterocycles. The van der Waals surface area contributed by atoms with Crippen LogP contribution in [0.25, 0.3) is 10.9 Å². The second-order valence-corrected chi connectivity index (χ2v) is 6.88. The number of hydrogen-bond donors (Lipinski definition) is 2. The van der Waals surface area contributed by atoms with E-state index in [2.05, 4.69) is 31.2 Å². The molecule has 0 bridgehead atoms. The highest BCUT2D eigenvalue weighted by atomic mass is 79.9. The Kier molecular flexibility index (Phi) is 5.03. The van der Waals surface area contributed by atoms with Crippen molar-refractivity contribution in [3.63, 3.8) is 0 Å². The smallest absolute Gasteiger partial charge is 0.270 e. The van der Waals surface area contributed by atoms with Crippen LogP contribution in [0.5, 0.6) is 0 Å². The fraction of sp³-hybridized carbons (Fsp3) is 0.167. The van der Waals surface area contributed by atoms with E-state index in [-0.39, 0.29) is 18.1 Å². The standard InChI is InChI=1S/C18H16BrFN4O2/c1-10-3-4-16(21-8-10)23-17(25)9-24(2)18(26)15-7-12-13(20)5-11(19)6-14(12)22-15/h3-8,22H,9H2,1-2H3,(H,21,23,25). The van der Waals surface area contributed by atoms with Crippen LogP contribution in [0.3, 0.4) is 0 Å². The van der Waals surface area contributed by atoms with Gasteiger partial charge in [0.05, 0.1) is 12.1 Å². The number of nitrogens with one attached hydrogen (secondary N) is 2. The highest BCUT2D eigenvalue weighted by Crippen LogP contribution is 2.24. The summed E-state index contributed by atoms with van der Waals surface area (Å²) >= 11 is 3.21. The molecule has 0 unspecified atom stereocenters. The number of halogens is 2. The molecule has 0 radical (unpaired) electrons. The topological polar surface area (TPSA) is 78.1 Å². The number of likely N-dealkylation sites (N-methyl/N-ethyl adjacent to an activating group) is 1. The number of fused-ring (bicyclic) bond motifs is 1. The van der Waals surface area contributed by atoms with E-state index in [1.807, 2.05) is 13.0 Å². The number of anilines is 1. The van der Waals surface area contributed by atoms with E-state index in [9.17, 15) is 14.0 Å². The number of hydrogen-bond acceptors (Lipinski definition) is 3. The Hall–Kier alpha value is -2.74. The summed E-state index contributed by atoms with van der Waals surface area (Å²) in [7, 11) is 1.50. The van der Waals surface area contributed by atoms with Crippen molar-refractivity contribution in [1.82, 2.24) is 14.9 Å². The van der Waals surface area contributed by atoms with Gasteiger partial charge in [0.25, 0.3) is 5.91 Å². The molecule has 2 amide bonds. The van der Waals surface area contributed by atoms with Gasteiger partial charge < -0.3 is 15.2 Å². The summed E-state index contributed by atoms with van der Waals surface area (Å²) in [5, 5.41) is 2.95. The van der Waals surface area contributed by atoms with Crippen molar-refractivity contribution in [2.24, 2.45) is 0 Å². The number of amides is 2. The minimum Gasteiger partial charge on any atom is -0.350 e. The SMILES string of the molecule is Cc1ccc(NC(=O)CN(C)C(=O)c2cc3c(F)cc(Br)cc3[nH]2)nc1. The molecule has 0 fully saturated rings. The van der Waals surface area contributed by atoms with Crippen LogP contribution in [0.4, 0.5) is 10.2 Å². The molecule has 0 spiro atoms. The molecule has 2 heterocycles. The molecule has 26 heavy (non-hydrogen) atoms. The van der Waals surface area contributed by atoms with Crippen LogP contribution in [0.15, 0.2) is 41.0 Å². The van der Waals surface area contributed by atoms with E-state index in [0.29, 0.717) is 21.2 Å². The van der Waals surface area contributed by atoms with E-state index in [1.165, 1.54) is 24.1 Å². The molecular weight excluding hydrogens is 403 g/mol. The first-order chi connectivity index (χ1) is 12.3. The minimum absolute atomic E-state index is 0.157. The summed E-state index contributed by atoms with van der Waals surface area (Å²) in [5.74, 6) is -0.805. The average molecular weight is 419 g/mol. The van der Waals surface area contributed by atoms with Crippen LogP contribution < -0.4 is 5.32 Å². The summed E-state index contributed by atoms with van der Waals surface area (Å²) in [6, 6.07) is 7.97. The van der Waals surface area contributed by atoms with Gasteiger partial charge in [-0.1, -0.05) is 22.0 Å². The fourth-order valence-electron chi connectivity index (χ4n) is 2.49. The third-order valence-electron chi connectivity index (χ3n) is 3.79. The number of carbonyl (C=O) groups excluding carboxylic acids is 2. The second kappa shape index (κ2) is 7.25. The number of aryl methyl sites for hydroxylation is 1. The maximum atomic E-state index is 14.0. The van der Waals surface area contributed by atoms with Crippen molar-refractivity contribution in [1.29, 1.82) is 0 Å². The summed E-state index contributed by atoms with van der Waals surface area (Å²) in [5.41, 5.74) is 1.69. The third kappa shape index (κ3) is 3.91. The van der Waals surface area contributed by atoms with E-state index in [1.54, 1.807) is 18.3 Å². The van der Waals surface area contributed by atoms with Gasteiger partial charge in [-0.3, -0.25) is 9.59 Å². The van der Waals surface area contributed by atoms with Crippen LogP contribution >= 0.6 is 15.9 Å². The fourth-order valence-corrected chi connectivity index (χ4v) is 2.92. The molecule has 3 rings (SSSR count). The van der Waals surface area contributed by atoms with Gasteiger partial charge in [0.2, 0.25) is 5.91 Å². The number of aromatic nitrogens is 2. The van der Waals surface area contributed by atoms with Gasteiger partial charge in [-0.25, -0.2) is 9.37 Å². The molecule has 1 aromatic carbocycles. The van der Waals surface area contributed by atoms with Gasteiger partial charge in [-0.15, -0.1) is 0 Å². The normalized spacial score (nSPS) is 10.8. The first-order valence-corrected chi connectivity index (χ1v) is 8.58. The van der Waals surface area contributed by atoms with Gasteiger partial charge in [-0.05, 0) is 36.8 Å². The largest absolute Gasteiger partial charge is 0.350 e. The number of benzene rings is 1. The zero-order chi connectivity index (χ0) is 18.8. The molecule has 8 heteroatoms. The van der Waals surface area contributed by atoms with E-state index >= 15 is 0 Å². The first-order valence-electron chi connectivity index (χ1n) is 7.79. The molecular formula is C18H16BrFN4O2. The quantitative estimate of drug-likeness (QED) is 0.680. The van der Waals surface area contributed by atoms with Crippen molar-refractivity contribution in [2.75, 3.05) is 18.9 Å². The van der Waals surface area contributed by atoms with E-state index in [4.69, 9.17) is 0 Å². The molecule has 6 nitrogen and oxygen atoms in total. The lowest BCUT2D eigenvalue weighted by atomic mass is 10.2. The van der Waals surface area contributed by atoms with Crippen LogP contribution in [-0.4, -0.2) is 40.3 Å². The molecule has 0 aliphatic carbocycles. The zero-order valence-electron chi connectivity index (χ0n) is 14.1. The molecule has 134 valence electrons. The molecule has 0 aliphatic heterocycles. The maximum Gasteiger partial charge on any atom is 0.270 e. The predicted octanol–water partition coefficient (Wildman–Crippen LogP) is 3.48. The zero-order valence-corrected chi connectivity index (χ0v) is 15.7. The van der Waals surface area contributed by atoms with Gasteiger partial charge >= 0.3 is 0 Å². The Bertz CT molecular complexity index is 985. The summed E-state index contributed by atoms with van der Waals surface area (Å²) < 4.78 is 14.5. The molecule has 0 aliphatic rings. The van der Waals surface area contributed by atoms with Crippen LogP contribution in [0, 0.1) is 12.7 Å². The first kappa shape index (κ1) is 18.1. The summed E-state index contributed by atoms with van der Waals surface area (Å²) in [6.07, 6.45) is 1.64. The highest BCUT2D eigenvalue weighted by Gasteiger charge is 2.18. The number of H-pyrrole nitrogens is 1. The van der Waals surface area contributed by atoms with Crippen LogP contribution in [0.1, 0.15) is 16.1 Å². The summed E-state index contributed by atoms with van der Waals surface area (Å²) in [6.45, 7) is 1.74. The molecule has 0 saturated carbocycles. The Morgan fingerprint density at radius 2 is 2.08 bits per heavy atom. The lowest BCUT2D eigenvalue weighted by Crippen LogP contribution is -2.35. The molecule has 0 saturated heterocycles. The number of aromatic amines is 1. The molecule has 2 N–H and O–H groups in total. The lowest BCUT2D eigenvalue weighted by molar-refractivity contribution is -0.116. The van der Waals surface area contributed by atoms with Gasteiger partial charge in [0.1, 0.15) is 17.3 Å². The van der Waals surface area contributed by atoms with Gasteiger partial charge in [-0.2, -0.15) is 0 Å². The predicted molar refractivity (Wildman–Crippen MR) is 101 cm³/mol. The second-order valence-electron chi connectivity index (χ2n) is 5.96. The van der Waals surface area contributed by atoms with Crippen molar-refractivity contribution in [2.45, 2.75) is 6.92 Å². The highest BCUT2D eigenvalue weighted by molar-refractivity contribution is 9.10. The van der Waals surface area contributed by atoms with E-state index < -0.39 is 11.7 Å². The number of nitrogens with zero attached hydrogens (tertiary/aromatic N) is 2. The Balaban J connectivity index is 1.70. The molecule has 3 aromatic rings. The van der Waals surface area contributed by atoms with Crippen molar-refractivity contribution < 1.29 is 14.0 Å². The number of carbonyl (C=O) groups is 2. The number of rotatable bonds is 4. The Labute approximate surface area is 157 Å². The average Bonchev–Trinajstić information content (AvgIpc) is 3.00. The number of pyridine rings is 1. The maximum absolute atomic E-state index is 14.0. The van der Waals surface area contributed by atoms with Crippen molar-refractivity contribution >= 4 is 44.5 Å². The Morgan fingerprint density at radius 1 is 1.31 bits per heavy atom. The summed E-state index contributed by atoms with van der Waals surface area (Å²) in [4.78, 5) is 32.8. The molecule has 0 atom stereocenters. The third-order valence-corrected chi connectivity index (χ3v) is 4.25. The Morgan fingerprint density at radius 3 is 2.77 bits per heavy atom.